The van der Waals surface area contributed by atoms with Crippen LogP contribution in [0.4, 0.5) is 5.69 Å². The third-order valence-corrected chi connectivity index (χ3v) is 7.19. The van der Waals surface area contributed by atoms with Crippen LogP contribution in [0.15, 0.2) is 51.9 Å². The molecule has 0 unspecified atom stereocenters. The summed E-state index contributed by atoms with van der Waals surface area (Å²) in [5.74, 6) is 2.28. The number of aromatic nitrogens is 1. The van der Waals surface area contributed by atoms with Gasteiger partial charge in [-0.05, 0) is 51.0 Å². The number of ether oxygens (including phenoxy) is 2. The highest BCUT2D eigenvalue weighted by Crippen LogP contribution is 2.46. The molecule has 1 aromatic heterocycles. The number of benzene rings is 2. The third-order valence-electron chi connectivity index (χ3n) is 6.09. The van der Waals surface area contributed by atoms with Crippen LogP contribution < -0.4 is 14.8 Å². The van der Waals surface area contributed by atoms with E-state index in [0.717, 1.165) is 53.3 Å². The summed E-state index contributed by atoms with van der Waals surface area (Å²) in [6.45, 7) is 3.84. The van der Waals surface area contributed by atoms with E-state index in [1.807, 2.05) is 56.3 Å². The van der Waals surface area contributed by atoms with E-state index in [9.17, 15) is 4.79 Å². The highest BCUT2D eigenvalue weighted by Gasteiger charge is 2.42. The molecule has 32 heavy (non-hydrogen) atoms. The summed E-state index contributed by atoms with van der Waals surface area (Å²) >= 11 is 1.60. The zero-order valence-electron chi connectivity index (χ0n) is 18.3. The van der Waals surface area contributed by atoms with Gasteiger partial charge >= 0.3 is 0 Å². The van der Waals surface area contributed by atoms with Gasteiger partial charge in [0.15, 0.2) is 11.5 Å². The minimum Gasteiger partial charge on any atom is -0.448 e. The largest absolute Gasteiger partial charge is 0.448 e. The topological polar surface area (TPSA) is 73.6 Å². The molecule has 1 fully saturated rings. The van der Waals surface area contributed by atoms with Gasteiger partial charge in [0.2, 0.25) is 0 Å². The van der Waals surface area contributed by atoms with Gasteiger partial charge in [-0.25, -0.2) is 0 Å². The standard InChI is InChI=1S/C25H26N2O4S/c1-16-20(17(2)31-27-16)15-32-23-9-5-4-8-19(23)24(28)26-18-10-11-21-22(14-18)30-25(29-21)12-6-3-7-13-25/h4-5,8-11,14H,3,6-7,12-13,15H2,1-2H3,(H,26,28). The van der Waals surface area contributed by atoms with Crippen molar-refractivity contribution in [2.45, 2.75) is 62.4 Å². The SMILES string of the molecule is Cc1noc(C)c1CSc1ccccc1C(=O)Nc1ccc2c(c1)OC1(CCCCC1)O2. The maximum Gasteiger partial charge on any atom is 0.256 e. The van der Waals surface area contributed by atoms with Crippen molar-refractivity contribution < 1.29 is 18.8 Å². The first-order valence-electron chi connectivity index (χ1n) is 11.0. The first-order valence-corrected chi connectivity index (χ1v) is 12.0. The third kappa shape index (κ3) is 4.09. The normalized spacial score (nSPS) is 16.3. The van der Waals surface area contributed by atoms with Crippen LogP contribution in [0.25, 0.3) is 0 Å². The Morgan fingerprint density at radius 3 is 2.62 bits per heavy atom. The maximum absolute atomic E-state index is 13.1. The molecule has 0 atom stereocenters. The Balaban J connectivity index is 1.30. The van der Waals surface area contributed by atoms with E-state index in [0.29, 0.717) is 22.8 Å². The molecular weight excluding hydrogens is 424 g/mol. The Hall–Kier alpha value is -2.93. The second-order valence-electron chi connectivity index (χ2n) is 8.38. The number of rotatable bonds is 5. The molecule has 166 valence electrons. The van der Waals surface area contributed by atoms with Crippen LogP contribution in [0.1, 0.15) is 59.5 Å². The first-order chi connectivity index (χ1) is 15.5. The summed E-state index contributed by atoms with van der Waals surface area (Å²) < 4.78 is 17.6. The van der Waals surface area contributed by atoms with Gasteiger partial charge in [0.25, 0.3) is 11.7 Å². The second-order valence-corrected chi connectivity index (χ2v) is 9.40. The minimum atomic E-state index is -0.523. The number of anilines is 1. The predicted octanol–water partition coefficient (Wildman–Crippen LogP) is 6.27. The molecule has 5 rings (SSSR count). The number of fused-ring (bicyclic) bond motifs is 1. The molecule has 1 amide bonds. The molecule has 1 saturated carbocycles. The summed E-state index contributed by atoms with van der Waals surface area (Å²) in [7, 11) is 0. The summed E-state index contributed by atoms with van der Waals surface area (Å²) in [5.41, 5.74) is 3.27. The number of carbonyl (C=O) groups is 1. The van der Waals surface area contributed by atoms with Gasteiger partial charge < -0.3 is 19.3 Å². The van der Waals surface area contributed by atoms with Gasteiger partial charge in [0.1, 0.15) is 5.76 Å². The van der Waals surface area contributed by atoms with Crippen molar-refractivity contribution in [3.63, 3.8) is 0 Å². The molecule has 3 aromatic rings. The molecule has 1 spiro atoms. The Bertz CT molecular complexity index is 1130. The molecule has 2 aromatic carbocycles. The highest BCUT2D eigenvalue weighted by atomic mass is 32.2. The van der Waals surface area contributed by atoms with Crippen LogP contribution in [0.5, 0.6) is 11.5 Å². The molecule has 1 N–H and O–H groups in total. The van der Waals surface area contributed by atoms with Crippen LogP contribution in [-0.4, -0.2) is 16.9 Å². The Labute approximate surface area is 191 Å². The molecule has 7 heteroatoms. The van der Waals surface area contributed by atoms with Crippen molar-refractivity contribution in [1.29, 1.82) is 0 Å². The smallest absolute Gasteiger partial charge is 0.256 e. The molecule has 2 heterocycles. The Morgan fingerprint density at radius 1 is 1.06 bits per heavy atom. The lowest BCUT2D eigenvalue weighted by Gasteiger charge is -2.31. The van der Waals surface area contributed by atoms with E-state index in [1.165, 1.54) is 6.42 Å². The predicted molar refractivity (Wildman–Crippen MR) is 123 cm³/mol. The molecule has 0 radical (unpaired) electrons. The van der Waals surface area contributed by atoms with Crippen molar-refractivity contribution in [3.8, 4) is 11.5 Å². The van der Waals surface area contributed by atoms with E-state index < -0.39 is 5.79 Å². The van der Waals surface area contributed by atoms with Crippen molar-refractivity contribution in [2.75, 3.05) is 5.32 Å². The summed E-state index contributed by atoms with van der Waals surface area (Å²) in [6.07, 6.45) is 5.25. The van der Waals surface area contributed by atoms with E-state index in [2.05, 4.69) is 10.5 Å². The quantitative estimate of drug-likeness (QED) is 0.462. The van der Waals surface area contributed by atoms with Crippen molar-refractivity contribution in [2.24, 2.45) is 0 Å². The molecule has 0 saturated heterocycles. The monoisotopic (exact) mass is 450 g/mol. The molecule has 0 bridgehead atoms. The number of nitrogens with zero attached hydrogens (tertiary/aromatic N) is 1. The van der Waals surface area contributed by atoms with E-state index in [-0.39, 0.29) is 5.91 Å². The van der Waals surface area contributed by atoms with Gasteiger partial charge in [-0.2, -0.15) is 0 Å². The second kappa shape index (κ2) is 8.54. The lowest BCUT2D eigenvalue weighted by Crippen LogP contribution is -2.40. The molecule has 1 aliphatic heterocycles. The Kier molecular flexibility index (Phi) is 5.59. The van der Waals surface area contributed by atoms with Crippen molar-refractivity contribution in [3.05, 3.63) is 65.0 Å². The lowest BCUT2D eigenvalue weighted by atomic mass is 9.94. The molecular formula is C25H26N2O4S. The fourth-order valence-electron chi connectivity index (χ4n) is 4.30. The fraction of sp³-hybridized carbons (Fsp3) is 0.360. The van der Waals surface area contributed by atoms with Gasteiger partial charge in [-0.3, -0.25) is 4.79 Å². The molecule has 1 aliphatic carbocycles. The fourth-order valence-corrected chi connectivity index (χ4v) is 5.51. The average molecular weight is 451 g/mol. The Morgan fingerprint density at radius 2 is 1.84 bits per heavy atom. The van der Waals surface area contributed by atoms with Crippen LogP contribution in [-0.2, 0) is 5.75 Å². The number of carbonyl (C=O) groups excluding carboxylic acids is 1. The maximum atomic E-state index is 13.1. The van der Waals surface area contributed by atoms with Gasteiger partial charge in [-0.15, -0.1) is 11.8 Å². The molecule has 2 aliphatic rings. The van der Waals surface area contributed by atoms with Crippen LogP contribution in [0.3, 0.4) is 0 Å². The average Bonchev–Trinajstić information content (AvgIpc) is 3.31. The first kappa shape index (κ1) is 20.9. The van der Waals surface area contributed by atoms with Crippen molar-refractivity contribution >= 4 is 23.4 Å². The van der Waals surface area contributed by atoms with Gasteiger partial charge in [0, 0.05) is 40.8 Å². The van der Waals surface area contributed by atoms with Crippen LogP contribution in [0, 0.1) is 13.8 Å². The number of hydrogen-bond acceptors (Lipinski definition) is 6. The van der Waals surface area contributed by atoms with Crippen LogP contribution in [0.2, 0.25) is 0 Å². The van der Waals surface area contributed by atoms with E-state index >= 15 is 0 Å². The van der Waals surface area contributed by atoms with Crippen LogP contribution >= 0.6 is 11.8 Å². The number of hydrogen-bond donors (Lipinski definition) is 1. The highest BCUT2D eigenvalue weighted by molar-refractivity contribution is 7.98. The molecule has 6 nitrogen and oxygen atoms in total. The lowest BCUT2D eigenvalue weighted by molar-refractivity contribution is -0.105. The van der Waals surface area contributed by atoms with E-state index in [4.69, 9.17) is 14.0 Å². The summed E-state index contributed by atoms with van der Waals surface area (Å²) in [4.78, 5) is 14.0. The summed E-state index contributed by atoms with van der Waals surface area (Å²) in [6, 6.07) is 13.2. The number of aryl methyl sites for hydroxylation is 2. The zero-order valence-corrected chi connectivity index (χ0v) is 19.1. The zero-order chi connectivity index (χ0) is 22.1. The number of nitrogens with one attached hydrogen (secondary N) is 1. The number of thioether (sulfide) groups is 1. The number of amides is 1. The van der Waals surface area contributed by atoms with Crippen molar-refractivity contribution in [1.82, 2.24) is 5.16 Å². The van der Waals surface area contributed by atoms with Gasteiger partial charge in [-0.1, -0.05) is 23.7 Å². The summed E-state index contributed by atoms with van der Waals surface area (Å²) in [5, 5.41) is 7.03. The van der Waals surface area contributed by atoms with E-state index in [1.54, 1.807) is 11.8 Å². The van der Waals surface area contributed by atoms with Gasteiger partial charge in [0.05, 0.1) is 11.3 Å². The minimum absolute atomic E-state index is 0.155.